The Morgan fingerprint density at radius 3 is 2.37 bits per heavy atom. The minimum absolute atomic E-state index is 0.0739. The highest BCUT2D eigenvalue weighted by molar-refractivity contribution is 6.11. The third kappa shape index (κ3) is 4.95. The summed E-state index contributed by atoms with van der Waals surface area (Å²) in [6.07, 6.45) is 3.52. The largest absolute Gasteiger partial charge is 0.324 e. The number of aryl methyl sites for hydroxylation is 1. The summed E-state index contributed by atoms with van der Waals surface area (Å²) in [6.45, 7) is 4.31. The van der Waals surface area contributed by atoms with Crippen molar-refractivity contribution in [2.45, 2.75) is 26.2 Å². The molecular weight excluding hydrogens is 338 g/mol. The number of carbonyl (C=O) groups excluding carboxylic acids is 2. The molecule has 2 aromatic rings. The number of nitrogens with zero attached hydrogens (tertiary/aromatic N) is 2. The van der Waals surface area contributed by atoms with Crippen molar-refractivity contribution in [3.63, 3.8) is 0 Å². The number of hydrogen-bond acceptors (Lipinski definition) is 3. The van der Waals surface area contributed by atoms with Crippen LogP contribution in [0.25, 0.3) is 0 Å². The molecule has 2 amide bonds. The molecule has 0 aliphatic carbocycles. The number of para-hydroxylation sites is 1. The van der Waals surface area contributed by atoms with Gasteiger partial charge in [-0.2, -0.15) is 0 Å². The van der Waals surface area contributed by atoms with Crippen LogP contribution in [-0.2, 0) is 4.79 Å². The maximum absolute atomic E-state index is 13.0. The number of benzene rings is 2. The number of piperidine rings is 1. The fourth-order valence-corrected chi connectivity index (χ4v) is 3.36. The van der Waals surface area contributed by atoms with Crippen molar-refractivity contribution in [3.8, 4) is 0 Å². The summed E-state index contributed by atoms with van der Waals surface area (Å²) in [6, 6.07) is 15.0. The Kier molecular flexibility index (Phi) is 6.24. The van der Waals surface area contributed by atoms with E-state index in [1.807, 2.05) is 43.3 Å². The molecule has 1 aliphatic heterocycles. The van der Waals surface area contributed by atoms with Crippen molar-refractivity contribution in [1.29, 1.82) is 0 Å². The zero-order valence-corrected chi connectivity index (χ0v) is 16.1. The monoisotopic (exact) mass is 365 g/mol. The van der Waals surface area contributed by atoms with Gasteiger partial charge in [0.05, 0.1) is 17.8 Å². The van der Waals surface area contributed by atoms with Gasteiger partial charge < -0.3 is 10.2 Å². The molecule has 5 heteroatoms. The van der Waals surface area contributed by atoms with Crippen LogP contribution in [0.15, 0.2) is 48.5 Å². The fraction of sp³-hybridized carbons (Fsp3) is 0.364. The summed E-state index contributed by atoms with van der Waals surface area (Å²) in [7, 11) is 1.75. The van der Waals surface area contributed by atoms with E-state index >= 15 is 0 Å². The van der Waals surface area contributed by atoms with Crippen molar-refractivity contribution in [3.05, 3.63) is 59.7 Å². The first-order valence-corrected chi connectivity index (χ1v) is 9.50. The lowest BCUT2D eigenvalue weighted by Gasteiger charge is -2.26. The minimum Gasteiger partial charge on any atom is -0.324 e. The predicted octanol–water partition coefficient (Wildman–Crippen LogP) is 3.70. The third-order valence-electron chi connectivity index (χ3n) is 4.97. The molecule has 2 aromatic carbocycles. The van der Waals surface area contributed by atoms with E-state index in [0.717, 1.165) is 37.2 Å². The molecule has 1 aliphatic rings. The van der Waals surface area contributed by atoms with Gasteiger partial charge in [-0.3, -0.25) is 14.5 Å². The number of likely N-dealkylation sites (tertiary alicyclic amines) is 1. The summed E-state index contributed by atoms with van der Waals surface area (Å²) in [5, 5.41) is 2.93. The van der Waals surface area contributed by atoms with Crippen molar-refractivity contribution in [1.82, 2.24) is 4.90 Å². The second kappa shape index (κ2) is 8.82. The first-order chi connectivity index (χ1) is 13.0. The molecule has 0 bridgehead atoms. The lowest BCUT2D eigenvalue weighted by Crippen LogP contribution is -2.37. The molecule has 0 aromatic heterocycles. The lowest BCUT2D eigenvalue weighted by molar-refractivity contribution is -0.117. The van der Waals surface area contributed by atoms with E-state index in [1.54, 1.807) is 24.1 Å². The maximum Gasteiger partial charge on any atom is 0.260 e. The van der Waals surface area contributed by atoms with Crippen LogP contribution < -0.4 is 10.2 Å². The maximum atomic E-state index is 13.0. The molecule has 142 valence electrons. The molecule has 0 spiro atoms. The first-order valence-electron chi connectivity index (χ1n) is 9.50. The van der Waals surface area contributed by atoms with Crippen LogP contribution in [0.1, 0.15) is 35.2 Å². The molecule has 5 nitrogen and oxygen atoms in total. The molecule has 0 radical (unpaired) electrons. The second-order valence-electron chi connectivity index (χ2n) is 7.13. The zero-order valence-electron chi connectivity index (χ0n) is 16.1. The van der Waals surface area contributed by atoms with Gasteiger partial charge in [-0.1, -0.05) is 36.2 Å². The summed E-state index contributed by atoms with van der Waals surface area (Å²) >= 11 is 0. The lowest BCUT2D eigenvalue weighted by atomic mass is 10.1. The van der Waals surface area contributed by atoms with Gasteiger partial charge in [0.2, 0.25) is 5.91 Å². The molecule has 1 fully saturated rings. The summed E-state index contributed by atoms with van der Waals surface area (Å²) in [4.78, 5) is 29.2. The molecule has 0 atom stereocenters. The highest BCUT2D eigenvalue weighted by Gasteiger charge is 2.19. The smallest absolute Gasteiger partial charge is 0.260 e. The Hall–Kier alpha value is -2.66. The van der Waals surface area contributed by atoms with Crippen LogP contribution in [0, 0.1) is 6.92 Å². The Morgan fingerprint density at radius 1 is 1.00 bits per heavy atom. The van der Waals surface area contributed by atoms with Gasteiger partial charge in [-0.05, 0) is 57.1 Å². The van der Waals surface area contributed by atoms with Gasteiger partial charge >= 0.3 is 0 Å². The van der Waals surface area contributed by atoms with Gasteiger partial charge in [0, 0.05) is 12.7 Å². The Morgan fingerprint density at radius 2 is 1.67 bits per heavy atom. The topological polar surface area (TPSA) is 52.7 Å². The number of hydrogen-bond donors (Lipinski definition) is 1. The number of rotatable bonds is 5. The second-order valence-corrected chi connectivity index (χ2v) is 7.13. The quantitative estimate of drug-likeness (QED) is 0.879. The van der Waals surface area contributed by atoms with Gasteiger partial charge in [-0.15, -0.1) is 0 Å². The number of anilines is 2. The summed E-state index contributed by atoms with van der Waals surface area (Å²) in [5.74, 6) is -0.220. The van der Waals surface area contributed by atoms with Crippen LogP contribution in [0.5, 0.6) is 0 Å². The summed E-state index contributed by atoms with van der Waals surface area (Å²) < 4.78 is 0. The van der Waals surface area contributed by atoms with Gasteiger partial charge in [-0.25, -0.2) is 0 Å². The number of carbonyl (C=O) groups is 2. The van der Waals surface area contributed by atoms with Crippen LogP contribution >= 0.6 is 0 Å². The van der Waals surface area contributed by atoms with Crippen molar-refractivity contribution in [2.75, 3.05) is 36.9 Å². The highest BCUT2D eigenvalue weighted by Crippen LogP contribution is 2.21. The van der Waals surface area contributed by atoms with Crippen molar-refractivity contribution < 1.29 is 9.59 Å². The Labute approximate surface area is 161 Å². The Balaban J connectivity index is 1.71. The minimum atomic E-state index is -0.146. The third-order valence-corrected chi connectivity index (χ3v) is 4.97. The Bertz CT molecular complexity index is 795. The van der Waals surface area contributed by atoms with E-state index in [2.05, 4.69) is 10.2 Å². The number of amides is 2. The first kappa shape index (κ1) is 19.1. The molecule has 1 heterocycles. The molecule has 27 heavy (non-hydrogen) atoms. The molecule has 0 saturated carbocycles. The highest BCUT2D eigenvalue weighted by atomic mass is 16.2. The fourth-order valence-electron chi connectivity index (χ4n) is 3.36. The zero-order chi connectivity index (χ0) is 19.2. The van der Waals surface area contributed by atoms with Gasteiger partial charge in [0.25, 0.3) is 5.91 Å². The van der Waals surface area contributed by atoms with E-state index in [-0.39, 0.29) is 11.8 Å². The van der Waals surface area contributed by atoms with Crippen molar-refractivity contribution >= 4 is 23.2 Å². The van der Waals surface area contributed by atoms with E-state index in [4.69, 9.17) is 0 Å². The molecular formula is C22H27N3O2. The van der Waals surface area contributed by atoms with Crippen LogP contribution in [0.4, 0.5) is 11.4 Å². The van der Waals surface area contributed by atoms with E-state index < -0.39 is 0 Å². The van der Waals surface area contributed by atoms with Crippen LogP contribution in [-0.4, -0.2) is 43.4 Å². The SMILES string of the molecule is Cc1ccc(N(C)C(=O)c2ccccc2NC(=O)CN2CCCCC2)cc1. The predicted molar refractivity (Wildman–Crippen MR) is 109 cm³/mol. The molecule has 3 rings (SSSR count). The van der Waals surface area contributed by atoms with Gasteiger partial charge in [0.1, 0.15) is 0 Å². The average Bonchev–Trinajstić information content (AvgIpc) is 2.68. The van der Waals surface area contributed by atoms with E-state index in [1.165, 1.54) is 6.42 Å². The molecule has 0 unspecified atom stereocenters. The molecule has 1 N–H and O–H groups in total. The van der Waals surface area contributed by atoms with Crippen LogP contribution in [0.2, 0.25) is 0 Å². The van der Waals surface area contributed by atoms with Crippen molar-refractivity contribution in [2.24, 2.45) is 0 Å². The van der Waals surface area contributed by atoms with E-state index in [9.17, 15) is 9.59 Å². The van der Waals surface area contributed by atoms with Crippen LogP contribution in [0.3, 0.4) is 0 Å². The number of nitrogens with one attached hydrogen (secondary N) is 1. The average molecular weight is 365 g/mol. The summed E-state index contributed by atoms with van der Waals surface area (Å²) in [5.41, 5.74) is 3.01. The normalized spacial score (nSPS) is 14.6. The standard InChI is InChI=1S/C22H27N3O2/c1-17-10-12-18(13-11-17)24(2)22(27)19-8-4-5-9-20(19)23-21(26)16-25-14-6-3-7-15-25/h4-5,8-13H,3,6-7,14-16H2,1-2H3,(H,23,26). The van der Waals surface area contributed by atoms with Gasteiger partial charge in [0.15, 0.2) is 0 Å². The molecule has 1 saturated heterocycles. The van der Waals surface area contributed by atoms with E-state index in [0.29, 0.717) is 17.8 Å².